The van der Waals surface area contributed by atoms with Crippen molar-refractivity contribution in [1.82, 2.24) is 0 Å². The molecule has 0 aromatic heterocycles. The molecule has 0 N–H and O–H groups in total. The maximum absolute atomic E-state index is 12.8. The van der Waals surface area contributed by atoms with E-state index in [2.05, 4.69) is 69.4 Å². The van der Waals surface area contributed by atoms with Crippen molar-refractivity contribution in [3.63, 3.8) is 0 Å². The van der Waals surface area contributed by atoms with E-state index in [1.165, 1.54) is 205 Å². The van der Waals surface area contributed by atoms with Crippen molar-refractivity contribution in [2.24, 2.45) is 0 Å². The highest BCUT2D eigenvalue weighted by Gasteiger charge is 2.19. The molecule has 0 aliphatic heterocycles. The lowest BCUT2D eigenvalue weighted by molar-refractivity contribution is -0.167. The first-order valence-electron chi connectivity index (χ1n) is 31.6. The minimum absolute atomic E-state index is 0.0748. The molecule has 1 unspecified atom stereocenters. The lowest BCUT2D eigenvalue weighted by atomic mass is 10.0. The van der Waals surface area contributed by atoms with Gasteiger partial charge in [0.15, 0.2) is 6.10 Å². The Balaban J connectivity index is 4.03. The Morgan fingerprint density at radius 3 is 0.792 bits per heavy atom. The highest BCUT2D eigenvalue weighted by Crippen LogP contribution is 2.17. The van der Waals surface area contributed by atoms with Gasteiger partial charge in [0.25, 0.3) is 0 Å². The topological polar surface area (TPSA) is 78.9 Å². The van der Waals surface area contributed by atoms with Gasteiger partial charge in [-0.05, 0) is 83.5 Å². The van der Waals surface area contributed by atoms with Gasteiger partial charge in [0.1, 0.15) is 13.2 Å². The predicted octanol–water partition coefficient (Wildman–Crippen LogP) is 21.4. The summed E-state index contributed by atoms with van der Waals surface area (Å²) in [5.41, 5.74) is 0. The molecule has 0 radical (unpaired) electrons. The van der Waals surface area contributed by atoms with Crippen LogP contribution in [-0.4, -0.2) is 37.2 Å². The molecule has 6 heteroatoms. The third-order valence-corrected chi connectivity index (χ3v) is 14.1. The van der Waals surface area contributed by atoms with Crippen molar-refractivity contribution in [2.75, 3.05) is 13.2 Å². The van der Waals surface area contributed by atoms with Gasteiger partial charge in [0, 0.05) is 19.3 Å². The van der Waals surface area contributed by atoms with Crippen molar-refractivity contribution in [2.45, 2.75) is 341 Å². The van der Waals surface area contributed by atoms with E-state index in [1.54, 1.807) is 0 Å². The largest absolute Gasteiger partial charge is 0.462 e. The van der Waals surface area contributed by atoms with Crippen LogP contribution in [0.3, 0.4) is 0 Å². The fourth-order valence-electron chi connectivity index (χ4n) is 9.27. The van der Waals surface area contributed by atoms with Crippen LogP contribution in [0.15, 0.2) is 48.6 Å². The second kappa shape index (κ2) is 60.9. The predicted molar refractivity (Wildman–Crippen MR) is 312 cm³/mol. The summed E-state index contributed by atoms with van der Waals surface area (Å²) in [5, 5.41) is 0. The average molecular weight is 1010 g/mol. The summed E-state index contributed by atoms with van der Waals surface area (Å²) in [5.74, 6) is -0.877. The van der Waals surface area contributed by atoms with Crippen LogP contribution in [0.1, 0.15) is 335 Å². The number of allylic oxidation sites excluding steroid dienone is 8. The molecule has 0 spiro atoms. The molecule has 0 aromatic rings. The summed E-state index contributed by atoms with van der Waals surface area (Å²) in [6.07, 6.45) is 75.8. The molecule has 420 valence electrons. The first-order chi connectivity index (χ1) is 35.5. The van der Waals surface area contributed by atoms with Gasteiger partial charge in [-0.3, -0.25) is 14.4 Å². The third-order valence-electron chi connectivity index (χ3n) is 14.1. The average Bonchev–Trinajstić information content (AvgIpc) is 3.38. The molecule has 0 heterocycles. The minimum atomic E-state index is -0.775. The molecule has 0 amide bonds. The number of carbonyl (C=O) groups excluding carboxylic acids is 3. The second-order valence-electron chi connectivity index (χ2n) is 21.3. The molecule has 0 fully saturated rings. The number of esters is 3. The molecule has 72 heavy (non-hydrogen) atoms. The zero-order chi connectivity index (χ0) is 52.2. The number of hydrogen-bond acceptors (Lipinski definition) is 6. The van der Waals surface area contributed by atoms with Gasteiger partial charge >= 0.3 is 17.9 Å². The summed E-state index contributed by atoms with van der Waals surface area (Å²) in [7, 11) is 0. The molecule has 0 saturated carbocycles. The van der Waals surface area contributed by atoms with E-state index in [0.29, 0.717) is 19.3 Å². The second-order valence-corrected chi connectivity index (χ2v) is 21.3. The molecule has 0 aliphatic carbocycles. The monoisotopic (exact) mass is 1010 g/mol. The van der Waals surface area contributed by atoms with Crippen molar-refractivity contribution in [3.8, 4) is 0 Å². The van der Waals surface area contributed by atoms with Crippen LogP contribution in [-0.2, 0) is 28.6 Å². The molecule has 0 saturated heterocycles. The van der Waals surface area contributed by atoms with Gasteiger partial charge < -0.3 is 14.2 Å². The smallest absolute Gasteiger partial charge is 0.306 e. The lowest BCUT2D eigenvalue weighted by Gasteiger charge is -2.18. The summed E-state index contributed by atoms with van der Waals surface area (Å²) in [6, 6.07) is 0. The minimum Gasteiger partial charge on any atom is -0.462 e. The Hall–Kier alpha value is -2.63. The van der Waals surface area contributed by atoms with E-state index >= 15 is 0 Å². The maximum Gasteiger partial charge on any atom is 0.306 e. The Kier molecular flexibility index (Phi) is 58.7. The summed E-state index contributed by atoms with van der Waals surface area (Å²) >= 11 is 0. The van der Waals surface area contributed by atoms with Gasteiger partial charge in [0.2, 0.25) is 0 Å². The Labute approximate surface area is 448 Å². The highest BCUT2D eigenvalue weighted by atomic mass is 16.6. The summed E-state index contributed by atoms with van der Waals surface area (Å²) < 4.78 is 16.8. The van der Waals surface area contributed by atoms with Crippen LogP contribution in [0.5, 0.6) is 0 Å². The standard InChI is InChI=1S/C66H120O6/c1-4-7-10-13-16-19-21-23-25-26-27-28-29-30-31-32-33-34-35-36-37-38-39-40-42-43-45-47-50-53-56-59-65(68)71-62-63(61-70-64(67)58-55-52-49-18-15-12-9-6-3)72-66(69)60-57-54-51-48-46-44-41-24-22-20-17-14-11-8-5-2/h17,20-21,23-24,26-27,41,63H,4-16,18-19,22,25,28-40,42-62H2,1-3H3/b20-17-,23-21-,27-26-,41-24-. The number of unbranched alkanes of at least 4 members (excludes halogenated alkanes) is 39. The van der Waals surface area contributed by atoms with E-state index in [0.717, 1.165) is 89.9 Å². The molecule has 6 nitrogen and oxygen atoms in total. The van der Waals surface area contributed by atoms with Crippen LogP contribution < -0.4 is 0 Å². The van der Waals surface area contributed by atoms with Gasteiger partial charge in [-0.2, -0.15) is 0 Å². The highest BCUT2D eigenvalue weighted by molar-refractivity contribution is 5.71. The van der Waals surface area contributed by atoms with Gasteiger partial charge in [0.05, 0.1) is 0 Å². The first-order valence-corrected chi connectivity index (χ1v) is 31.6. The molecular weight excluding hydrogens is 889 g/mol. The summed E-state index contributed by atoms with van der Waals surface area (Å²) in [6.45, 7) is 6.60. The van der Waals surface area contributed by atoms with E-state index < -0.39 is 6.10 Å². The molecule has 0 aliphatic rings. The van der Waals surface area contributed by atoms with Crippen LogP contribution >= 0.6 is 0 Å². The fraction of sp³-hybridized carbons (Fsp3) is 0.833. The first kappa shape index (κ1) is 69.4. The number of rotatable bonds is 58. The quantitative estimate of drug-likeness (QED) is 0.0261. The molecular formula is C66H120O6. The van der Waals surface area contributed by atoms with Crippen LogP contribution in [0.4, 0.5) is 0 Å². The zero-order valence-corrected chi connectivity index (χ0v) is 48.2. The Morgan fingerprint density at radius 2 is 0.500 bits per heavy atom. The summed E-state index contributed by atoms with van der Waals surface area (Å²) in [4.78, 5) is 38.0. The van der Waals surface area contributed by atoms with E-state index in [4.69, 9.17) is 14.2 Å². The van der Waals surface area contributed by atoms with E-state index in [1.807, 2.05) is 0 Å². The van der Waals surface area contributed by atoms with Gasteiger partial charge in [-0.15, -0.1) is 0 Å². The van der Waals surface area contributed by atoms with E-state index in [-0.39, 0.29) is 31.1 Å². The van der Waals surface area contributed by atoms with Crippen molar-refractivity contribution < 1.29 is 28.6 Å². The Bertz CT molecular complexity index is 1250. The van der Waals surface area contributed by atoms with Gasteiger partial charge in [-0.25, -0.2) is 0 Å². The Morgan fingerprint density at radius 1 is 0.278 bits per heavy atom. The normalized spacial score (nSPS) is 12.3. The molecule has 0 bridgehead atoms. The third kappa shape index (κ3) is 58.3. The number of carbonyl (C=O) groups is 3. The number of ether oxygens (including phenoxy) is 3. The molecule has 1 atom stereocenters. The van der Waals surface area contributed by atoms with E-state index in [9.17, 15) is 14.4 Å². The van der Waals surface area contributed by atoms with Crippen LogP contribution in [0.2, 0.25) is 0 Å². The molecule has 0 aromatic carbocycles. The van der Waals surface area contributed by atoms with Gasteiger partial charge in [-0.1, -0.05) is 281 Å². The van der Waals surface area contributed by atoms with Crippen LogP contribution in [0, 0.1) is 0 Å². The van der Waals surface area contributed by atoms with Crippen molar-refractivity contribution in [1.29, 1.82) is 0 Å². The fourth-order valence-corrected chi connectivity index (χ4v) is 9.27. The van der Waals surface area contributed by atoms with Crippen molar-refractivity contribution in [3.05, 3.63) is 48.6 Å². The van der Waals surface area contributed by atoms with Crippen LogP contribution in [0.25, 0.3) is 0 Å². The maximum atomic E-state index is 12.8. The molecule has 0 rings (SSSR count). The zero-order valence-electron chi connectivity index (χ0n) is 48.2. The lowest BCUT2D eigenvalue weighted by Crippen LogP contribution is -2.30. The number of hydrogen-bond donors (Lipinski definition) is 0. The SMILES string of the molecule is CCCCC/C=C\C/C=C\CCCCCCCC(=O)OC(COC(=O)CCCCCCCCCC)COC(=O)CCCCCCCCCCCCCCCCCCCCC/C=C\C/C=C\CCCCCCC. The van der Waals surface area contributed by atoms with Crippen molar-refractivity contribution >= 4 is 17.9 Å².